The number of sulfonamides is 1. The molecule has 0 radical (unpaired) electrons. The van der Waals surface area contributed by atoms with E-state index in [1.807, 2.05) is 6.92 Å². The van der Waals surface area contributed by atoms with Gasteiger partial charge in [0.05, 0.1) is 17.1 Å². The zero-order chi connectivity index (χ0) is 14.7. The summed E-state index contributed by atoms with van der Waals surface area (Å²) < 4.78 is 30.9. The third-order valence-electron chi connectivity index (χ3n) is 2.45. The van der Waals surface area contributed by atoms with Gasteiger partial charge in [-0.3, -0.25) is 0 Å². The first-order valence-electron chi connectivity index (χ1n) is 6.08. The van der Waals surface area contributed by atoms with Crippen LogP contribution in [0.3, 0.4) is 0 Å². The molecule has 0 heterocycles. The summed E-state index contributed by atoms with van der Waals surface area (Å²) in [5.74, 6) is 0.631. The van der Waals surface area contributed by atoms with Crippen LogP contribution in [0.25, 0.3) is 0 Å². The molecular formula is C13H21NO4S. The van der Waals surface area contributed by atoms with E-state index in [1.165, 1.54) is 19.2 Å². The Morgan fingerprint density at radius 1 is 1.26 bits per heavy atom. The lowest BCUT2D eigenvalue weighted by Crippen LogP contribution is -2.39. The predicted molar refractivity (Wildman–Crippen MR) is 73.7 cm³/mol. The fourth-order valence-corrected chi connectivity index (χ4v) is 3.01. The molecule has 0 bridgehead atoms. The zero-order valence-electron chi connectivity index (χ0n) is 11.8. The summed E-state index contributed by atoms with van der Waals surface area (Å²) in [4.78, 5) is 0.183. The van der Waals surface area contributed by atoms with Crippen LogP contribution in [0.5, 0.6) is 5.75 Å². The normalized spacial score (nSPS) is 12.7. The molecule has 0 saturated heterocycles. The summed E-state index contributed by atoms with van der Waals surface area (Å²) in [6, 6.07) is 6.24. The smallest absolute Gasteiger partial charge is 0.242 e. The Hall–Kier alpha value is -1.11. The third-order valence-corrected chi connectivity index (χ3v) is 4.27. The van der Waals surface area contributed by atoms with Crippen LogP contribution in [0, 0.1) is 0 Å². The van der Waals surface area contributed by atoms with E-state index < -0.39 is 15.6 Å². The number of benzene rings is 1. The van der Waals surface area contributed by atoms with Crippen molar-refractivity contribution in [3.05, 3.63) is 24.3 Å². The molecule has 0 atom stereocenters. The molecule has 0 spiro atoms. The topological polar surface area (TPSA) is 66.8 Å². The summed E-state index contributed by atoms with van der Waals surface area (Å²) in [5.41, 5.74) is -1.08. The minimum absolute atomic E-state index is 0.0303. The number of likely N-dealkylation sites (N-methyl/N-ethyl adjacent to an activating group) is 1. The molecule has 0 fully saturated rings. The van der Waals surface area contributed by atoms with Gasteiger partial charge in [-0.25, -0.2) is 8.42 Å². The van der Waals surface area contributed by atoms with Crippen LogP contribution in [0.15, 0.2) is 29.2 Å². The monoisotopic (exact) mass is 287 g/mol. The second-order valence-corrected chi connectivity index (χ2v) is 7.02. The van der Waals surface area contributed by atoms with Crippen molar-refractivity contribution in [2.45, 2.75) is 31.3 Å². The van der Waals surface area contributed by atoms with Gasteiger partial charge in [0.1, 0.15) is 5.75 Å². The Bertz CT molecular complexity index is 502. The summed E-state index contributed by atoms with van der Waals surface area (Å²) >= 11 is 0. The van der Waals surface area contributed by atoms with E-state index in [1.54, 1.807) is 26.0 Å². The van der Waals surface area contributed by atoms with Crippen LogP contribution in [-0.4, -0.2) is 43.6 Å². The molecule has 0 aromatic heterocycles. The summed E-state index contributed by atoms with van der Waals surface area (Å²) in [7, 11) is -2.14. The van der Waals surface area contributed by atoms with Crippen molar-refractivity contribution < 1.29 is 18.3 Å². The largest absolute Gasteiger partial charge is 0.494 e. The number of rotatable bonds is 6. The van der Waals surface area contributed by atoms with Gasteiger partial charge in [-0.05, 0) is 45.0 Å². The van der Waals surface area contributed by atoms with Crippen LogP contribution in [0.2, 0.25) is 0 Å². The van der Waals surface area contributed by atoms with Crippen molar-refractivity contribution in [3.8, 4) is 5.75 Å². The van der Waals surface area contributed by atoms with Crippen molar-refractivity contribution in [1.29, 1.82) is 0 Å². The lowest BCUT2D eigenvalue weighted by Gasteiger charge is -2.25. The number of hydrogen-bond donors (Lipinski definition) is 1. The molecule has 19 heavy (non-hydrogen) atoms. The molecule has 108 valence electrons. The molecule has 1 N–H and O–H groups in total. The second-order valence-electron chi connectivity index (χ2n) is 4.98. The van der Waals surface area contributed by atoms with Gasteiger partial charge in [0, 0.05) is 13.6 Å². The van der Waals surface area contributed by atoms with E-state index >= 15 is 0 Å². The Balaban J connectivity index is 2.93. The van der Waals surface area contributed by atoms with Crippen LogP contribution in [0.4, 0.5) is 0 Å². The molecule has 0 amide bonds. The molecule has 0 aliphatic carbocycles. The van der Waals surface area contributed by atoms with Gasteiger partial charge in [0.15, 0.2) is 0 Å². The van der Waals surface area contributed by atoms with Crippen molar-refractivity contribution in [3.63, 3.8) is 0 Å². The molecule has 1 aromatic rings. The van der Waals surface area contributed by atoms with Crippen LogP contribution in [0.1, 0.15) is 20.8 Å². The van der Waals surface area contributed by atoms with Gasteiger partial charge >= 0.3 is 0 Å². The van der Waals surface area contributed by atoms with E-state index in [4.69, 9.17) is 4.74 Å². The van der Waals surface area contributed by atoms with E-state index in [9.17, 15) is 13.5 Å². The molecule has 0 aliphatic rings. The van der Waals surface area contributed by atoms with Crippen LogP contribution in [-0.2, 0) is 10.0 Å². The molecule has 0 saturated carbocycles. The third kappa shape index (κ3) is 4.49. The quantitative estimate of drug-likeness (QED) is 0.860. The highest BCUT2D eigenvalue weighted by Gasteiger charge is 2.26. The Morgan fingerprint density at radius 2 is 1.79 bits per heavy atom. The Labute approximate surface area is 114 Å². The van der Waals surface area contributed by atoms with Crippen LogP contribution < -0.4 is 4.74 Å². The fourth-order valence-electron chi connectivity index (χ4n) is 1.68. The van der Waals surface area contributed by atoms with Crippen molar-refractivity contribution in [2.24, 2.45) is 0 Å². The van der Waals surface area contributed by atoms with Gasteiger partial charge < -0.3 is 9.84 Å². The summed E-state index contributed by atoms with van der Waals surface area (Å²) in [6.07, 6.45) is 0. The van der Waals surface area contributed by atoms with Crippen molar-refractivity contribution >= 4 is 10.0 Å². The highest BCUT2D eigenvalue weighted by atomic mass is 32.2. The van der Waals surface area contributed by atoms with Gasteiger partial charge in [-0.1, -0.05) is 0 Å². The molecule has 0 unspecified atom stereocenters. The predicted octanol–water partition coefficient (Wildman–Crippen LogP) is 1.48. The van der Waals surface area contributed by atoms with Gasteiger partial charge in [0.2, 0.25) is 10.0 Å². The Morgan fingerprint density at radius 3 is 2.21 bits per heavy atom. The van der Waals surface area contributed by atoms with Crippen LogP contribution >= 0.6 is 0 Å². The van der Waals surface area contributed by atoms with E-state index in [-0.39, 0.29) is 11.4 Å². The zero-order valence-corrected chi connectivity index (χ0v) is 12.6. The lowest BCUT2D eigenvalue weighted by atomic mass is 10.1. The molecule has 6 heteroatoms. The second kappa shape index (κ2) is 5.90. The fraction of sp³-hybridized carbons (Fsp3) is 0.538. The maximum absolute atomic E-state index is 12.3. The maximum Gasteiger partial charge on any atom is 0.242 e. The average molecular weight is 287 g/mol. The highest BCUT2D eigenvalue weighted by Crippen LogP contribution is 2.20. The van der Waals surface area contributed by atoms with Gasteiger partial charge in [-0.2, -0.15) is 4.31 Å². The highest BCUT2D eigenvalue weighted by molar-refractivity contribution is 7.89. The summed E-state index contributed by atoms with van der Waals surface area (Å²) in [5, 5.41) is 9.69. The minimum atomic E-state index is -3.59. The van der Waals surface area contributed by atoms with Gasteiger partial charge in [0.25, 0.3) is 0 Å². The molecular weight excluding hydrogens is 266 g/mol. The first-order chi connectivity index (χ1) is 8.66. The number of ether oxygens (including phenoxy) is 1. The minimum Gasteiger partial charge on any atom is -0.494 e. The number of nitrogens with zero attached hydrogens (tertiary/aromatic N) is 1. The molecule has 0 aliphatic heterocycles. The van der Waals surface area contributed by atoms with E-state index in [2.05, 4.69) is 0 Å². The lowest BCUT2D eigenvalue weighted by molar-refractivity contribution is 0.0640. The molecule has 1 aromatic carbocycles. The molecule has 1 rings (SSSR count). The number of hydrogen-bond acceptors (Lipinski definition) is 4. The summed E-state index contributed by atoms with van der Waals surface area (Å²) in [6.45, 7) is 5.56. The van der Waals surface area contributed by atoms with E-state index in [0.717, 1.165) is 4.31 Å². The van der Waals surface area contributed by atoms with Gasteiger partial charge in [-0.15, -0.1) is 0 Å². The number of aliphatic hydroxyl groups is 1. The standard InChI is InChI=1S/C13H21NO4S/c1-5-18-11-6-8-12(9-7-11)19(16,17)14(4)10-13(2,3)15/h6-9,15H,5,10H2,1-4H3. The first kappa shape index (κ1) is 15.9. The van der Waals surface area contributed by atoms with Crippen molar-refractivity contribution in [2.75, 3.05) is 20.2 Å². The Kier molecular flexibility index (Phi) is 4.95. The SMILES string of the molecule is CCOc1ccc(S(=O)(=O)N(C)CC(C)(C)O)cc1. The van der Waals surface area contributed by atoms with Crippen molar-refractivity contribution in [1.82, 2.24) is 4.31 Å². The maximum atomic E-state index is 12.3. The first-order valence-corrected chi connectivity index (χ1v) is 7.52. The van der Waals surface area contributed by atoms with E-state index in [0.29, 0.717) is 12.4 Å². The molecule has 5 nitrogen and oxygen atoms in total. The average Bonchev–Trinajstić information content (AvgIpc) is 2.28.